The van der Waals surface area contributed by atoms with Gasteiger partial charge in [0.25, 0.3) is 0 Å². The lowest BCUT2D eigenvalue weighted by atomic mass is 9.89. The first-order chi connectivity index (χ1) is 15.5. The van der Waals surface area contributed by atoms with E-state index < -0.39 is 18.2 Å². The number of alkyl carbamates (subject to hydrolysis) is 1. The van der Waals surface area contributed by atoms with Crippen LogP contribution in [0.15, 0.2) is 54.6 Å². The number of hydrogen-bond donors (Lipinski definition) is 2. The molecule has 1 aromatic heterocycles. The molecule has 32 heavy (non-hydrogen) atoms. The first kappa shape index (κ1) is 20.1. The number of amides is 3. The van der Waals surface area contributed by atoms with Crippen molar-refractivity contribution >= 4 is 28.8 Å². The largest absolute Gasteiger partial charge is 0.445 e. The van der Waals surface area contributed by atoms with Crippen LogP contribution in [-0.4, -0.2) is 58.9 Å². The first-order valence-electron chi connectivity index (χ1n) is 10.6. The van der Waals surface area contributed by atoms with Crippen molar-refractivity contribution in [2.75, 3.05) is 20.1 Å². The second-order valence-corrected chi connectivity index (χ2v) is 8.24. The maximum Gasteiger partial charge on any atom is 0.407 e. The molecule has 3 amide bonds. The minimum atomic E-state index is -0.583. The first-order valence-corrected chi connectivity index (χ1v) is 10.6. The van der Waals surface area contributed by atoms with Crippen molar-refractivity contribution in [2.24, 2.45) is 0 Å². The van der Waals surface area contributed by atoms with E-state index in [1.54, 1.807) is 11.9 Å². The van der Waals surface area contributed by atoms with E-state index in [-0.39, 0.29) is 31.5 Å². The van der Waals surface area contributed by atoms with Crippen molar-refractivity contribution in [3.05, 3.63) is 71.4 Å². The van der Waals surface area contributed by atoms with Crippen LogP contribution < -0.4 is 5.32 Å². The molecule has 8 heteroatoms. The number of rotatable bonds is 4. The van der Waals surface area contributed by atoms with Crippen LogP contribution >= 0.6 is 0 Å². The lowest BCUT2D eigenvalue weighted by Crippen LogP contribution is -2.63. The van der Waals surface area contributed by atoms with Gasteiger partial charge in [0.1, 0.15) is 12.6 Å². The molecule has 0 bridgehead atoms. The third-order valence-electron chi connectivity index (χ3n) is 6.22. The molecule has 3 aromatic rings. The number of piperazine rings is 1. The molecule has 2 atom stereocenters. The number of carbonyl (C=O) groups excluding carboxylic acids is 3. The Morgan fingerprint density at radius 3 is 2.69 bits per heavy atom. The summed E-state index contributed by atoms with van der Waals surface area (Å²) in [7, 11) is 1.65. The van der Waals surface area contributed by atoms with Crippen LogP contribution in [0.3, 0.4) is 0 Å². The minimum Gasteiger partial charge on any atom is -0.445 e. The van der Waals surface area contributed by atoms with E-state index in [0.717, 1.165) is 27.7 Å². The molecule has 8 nitrogen and oxygen atoms in total. The fourth-order valence-corrected chi connectivity index (χ4v) is 4.70. The Hall–Kier alpha value is -3.81. The van der Waals surface area contributed by atoms with Crippen LogP contribution in [0.25, 0.3) is 10.9 Å². The predicted molar refractivity (Wildman–Crippen MR) is 118 cm³/mol. The number of nitrogens with one attached hydrogen (secondary N) is 2. The van der Waals surface area contributed by atoms with Gasteiger partial charge in [-0.1, -0.05) is 48.5 Å². The maximum absolute atomic E-state index is 12.9. The van der Waals surface area contributed by atoms with Gasteiger partial charge in [0.2, 0.25) is 11.8 Å². The second kappa shape index (κ2) is 8.03. The van der Waals surface area contributed by atoms with E-state index in [1.807, 2.05) is 54.6 Å². The van der Waals surface area contributed by atoms with Crippen molar-refractivity contribution in [2.45, 2.75) is 25.1 Å². The summed E-state index contributed by atoms with van der Waals surface area (Å²) in [4.78, 5) is 44.8. The number of likely N-dealkylation sites (N-methyl/N-ethyl adjacent to an activating group) is 1. The van der Waals surface area contributed by atoms with Crippen molar-refractivity contribution in [1.82, 2.24) is 20.1 Å². The molecule has 1 fully saturated rings. The highest BCUT2D eigenvalue weighted by Crippen LogP contribution is 2.38. The van der Waals surface area contributed by atoms with Crippen LogP contribution in [0.4, 0.5) is 4.79 Å². The Bertz CT molecular complexity index is 1190. The van der Waals surface area contributed by atoms with Crippen molar-refractivity contribution in [3.8, 4) is 0 Å². The summed E-state index contributed by atoms with van der Waals surface area (Å²) in [5.74, 6) is -0.219. The smallest absolute Gasteiger partial charge is 0.407 e. The number of H-pyrrole nitrogens is 1. The van der Waals surface area contributed by atoms with Crippen LogP contribution in [0.1, 0.15) is 22.9 Å². The Morgan fingerprint density at radius 2 is 1.88 bits per heavy atom. The van der Waals surface area contributed by atoms with Crippen LogP contribution in [0, 0.1) is 0 Å². The number of aromatic nitrogens is 1. The molecule has 0 spiro atoms. The number of ether oxygens (including phenoxy) is 1. The minimum absolute atomic E-state index is 0.0276. The second-order valence-electron chi connectivity index (χ2n) is 8.24. The van der Waals surface area contributed by atoms with Gasteiger partial charge in [-0.15, -0.1) is 0 Å². The van der Waals surface area contributed by atoms with E-state index in [1.165, 1.54) is 4.90 Å². The fraction of sp³-hybridized carbons (Fsp3) is 0.292. The Morgan fingerprint density at radius 1 is 1.12 bits per heavy atom. The molecule has 2 N–H and O–H groups in total. The average Bonchev–Trinajstić information content (AvgIpc) is 3.18. The Kier molecular flexibility index (Phi) is 5.05. The van der Waals surface area contributed by atoms with E-state index in [9.17, 15) is 14.4 Å². The number of aromatic amines is 1. The molecule has 1 unspecified atom stereocenters. The van der Waals surface area contributed by atoms with E-state index >= 15 is 0 Å². The van der Waals surface area contributed by atoms with Gasteiger partial charge in [0.05, 0.1) is 12.6 Å². The molecule has 0 radical (unpaired) electrons. The Labute approximate surface area is 185 Å². The highest BCUT2D eigenvalue weighted by atomic mass is 16.5. The molecule has 164 valence electrons. The average molecular weight is 432 g/mol. The summed E-state index contributed by atoms with van der Waals surface area (Å²) in [5.41, 5.74) is 3.71. The topological polar surface area (TPSA) is 94.7 Å². The third kappa shape index (κ3) is 3.47. The van der Waals surface area contributed by atoms with Gasteiger partial charge in [-0.3, -0.25) is 9.59 Å². The monoisotopic (exact) mass is 432 g/mol. The number of nitrogens with zero attached hydrogens (tertiary/aromatic N) is 2. The van der Waals surface area contributed by atoms with Gasteiger partial charge < -0.3 is 24.8 Å². The fourth-order valence-electron chi connectivity index (χ4n) is 4.70. The van der Waals surface area contributed by atoms with Gasteiger partial charge in [0.15, 0.2) is 0 Å². The maximum atomic E-state index is 12.9. The summed E-state index contributed by atoms with van der Waals surface area (Å²) in [6.45, 7) is 0.329. The van der Waals surface area contributed by atoms with Crippen molar-refractivity contribution < 1.29 is 19.1 Å². The molecule has 5 rings (SSSR count). The summed E-state index contributed by atoms with van der Waals surface area (Å²) in [6, 6.07) is 16.2. The van der Waals surface area contributed by atoms with Crippen molar-refractivity contribution in [3.63, 3.8) is 0 Å². The van der Waals surface area contributed by atoms with E-state index in [2.05, 4.69) is 10.3 Å². The lowest BCUT2D eigenvalue weighted by molar-refractivity contribution is -0.158. The molecule has 2 aliphatic rings. The molecule has 1 saturated heterocycles. The number of benzene rings is 2. The predicted octanol–water partition coefficient (Wildman–Crippen LogP) is 2.36. The van der Waals surface area contributed by atoms with Crippen LogP contribution in [0.5, 0.6) is 0 Å². The summed E-state index contributed by atoms with van der Waals surface area (Å²) < 4.78 is 5.33. The Balaban J connectivity index is 1.41. The highest BCUT2D eigenvalue weighted by molar-refractivity contribution is 5.97. The van der Waals surface area contributed by atoms with E-state index in [4.69, 9.17) is 4.74 Å². The third-order valence-corrected chi connectivity index (χ3v) is 6.22. The molecular weight excluding hydrogens is 408 g/mol. The quantitative estimate of drug-likeness (QED) is 0.662. The molecule has 0 saturated carbocycles. The van der Waals surface area contributed by atoms with E-state index in [0.29, 0.717) is 6.42 Å². The van der Waals surface area contributed by atoms with Crippen molar-refractivity contribution in [1.29, 1.82) is 0 Å². The van der Waals surface area contributed by atoms with Gasteiger partial charge in [-0.05, 0) is 17.2 Å². The number of hydrogen-bond acceptors (Lipinski definition) is 4. The van der Waals surface area contributed by atoms with Gasteiger partial charge in [-0.2, -0.15) is 0 Å². The SMILES string of the molecule is CN1CC(=O)N2C(CNC(=O)OCc3ccccc3)c3[nH]c4ccccc4c3C[C@@H]2C1=O. The summed E-state index contributed by atoms with van der Waals surface area (Å²) >= 11 is 0. The number of fused-ring (bicyclic) bond motifs is 4. The summed E-state index contributed by atoms with van der Waals surface area (Å²) in [6.07, 6.45) is -0.120. The molecular formula is C24H24N4O4. The van der Waals surface area contributed by atoms with Gasteiger partial charge in [0, 0.05) is 36.6 Å². The summed E-state index contributed by atoms with van der Waals surface area (Å²) in [5, 5.41) is 3.82. The number of carbonyl (C=O) groups is 3. The van der Waals surface area contributed by atoms with Gasteiger partial charge in [-0.25, -0.2) is 4.79 Å². The molecule has 2 aromatic carbocycles. The van der Waals surface area contributed by atoms with Crippen LogP contribution in [0.2, 0.25) is 0 Å². The highest BCUT2D eigenvalue weighted by Gasteiger charge is 2.46. The number of para-hydroxylation sites is 1. The standard InChI is InChI=1S/C24H24N4O4/c1-27-13-21(29)28-19(23(27)30)11-17-16-9-5-6-10-18(16)26-22(17)20(28)12-25-24(31)32-14-15-7-3-2-4-8-15/h2-10,19-20,26H,11-14H2,1H3,(H,25,31)/t19-,20?/m1/s1. The molecule has 0 aliphatic carbocycles. The zero-order valence-electron chi connectivity index (χ0n) is 17.7. The van der Waals surface area contributed by atoms with Gasteiger partial charge >= 0.3 is 6.09 Å². The normalized spacial score (nSPS) is 20.2. The zero-order valence-corrected chi connectivity index (χ0v) is 17.7. The zero-order chi connectivity index (χ0) is 22.2. The van der Waals surface area contributed by atoms with Crippen LogP contribution in [-0.2, 0) is 27.4 Å². The molecule has 2 aliphatic heterocycles. The molecule has 3 heterocycles. The lowest BCUT2D eigenvalue weighted by Gasteiger charge is -2.46.